The summed E-state index contributed by atoms with van der Waals surface area (Å²) in [7, 11) is 1.92. The van der Waals surface area contributed by atoms with Gasteiger partial charge in [-0.15, -0.1) is 0 Å². The summed E-state index contributed by atoms with van der Waals surface area (Å²) in [6.45, 7) is 3.15. The standard InChI is InChI=1S/C17H25N3O/c1-3-17(14-21,18-2)10-7-11-20-13-16(12-19-20)15-8-5-4-6-9-15/h4-6,8-9,12-13,18,21H,3,7,10-11,14H2,1-2H3. The number of rotatable bonds is 8. The zero-order valence-electron chi connectivity index (χ0n) is 12.9. The maximum Gasteiger partial charge on any atom is 0.0613 e. The SMILES string of the molecule is CCC(CO)(CCCn1cc(-c2ccccc2)cn1)NC. The highest BCUT2D eigenvalue weighted by Crippen LogP contribution is 2.19. The molecule has 0 aliphatic heterocycles. The van der Waals surface area contributed by atoms with Crippen LogP contribution >= 0.6 is 0 Å². The van der Waals surface area contributed by atoms with Gasteiger partial charge in [0, 0.05) is 23.8 Å². The molecule has 21 heavy (non-hydrogen) atoms. The second-order valence-corrected chi connectivity index (χ2v) is 5.50. The molecule has 2 N–H and O–H groups in total. The third-order valence-corrected chi connectivity index (χ3v) is 4.29. The quantitative estimate of drug-likeness (QED) is 0.785. The van der Waals surface area contributed by atoms with E-state index in [9.17, 15) is 5.11 Å². The van der Waals surface area contributed by atoms with Gasteiger partial charge in [0.2, 0.25) is 0 Å². The van der Waals surface area contributed by atoms with Crippen molar-refractivity contribution in [3.63, 3.8) is 0 Å². The Morgan fingerprint density at radius 3 is 2.62 bits per heavy atom. The van der Waals surface area contributed by atoms with Gasteiger partial charge in [0.25, 0.3) is 0 Å². The Labute approximate surface area is 126 Å². The Bertz CT molecular complexity index is 524. The summed E-state index contributed by atoms with van der Waals surface area (Å²) < 4.78 is 1.98. The molecule has 1 aromatic heterocycles. The van der Waals surface area contributed by atoms with Gasteiger partial charge in [0.1, 0.15) is 0 Å². The molecule has 2 aromatic rings. The Morgan fingerprint density at radius 1 is 1.24 bits per heavy atom. The summed E-state index contributed by atoms with van der Waals surface area (Å²) in [6, 6.07) is 10.3. The molecule has 0 saturated carbocycles. The molecule has 0 fully saturated rings. The third kappa shape index (κ3) is 3.93. The van der Waals surface area contributed by atoms with Crippen LogP contribution in [0.2, 0.25) is 0 Å². The Kier molecular flexibility index (Phi) is 5.53. The van der Waals surface area contributed by atoms with Crippen LogP contribution in [-0.2, 0) is 6.54 Å². The highest BCUT2D eigenvalue weighted by Gasteiger charge is 2.24. The van der Waals surface area contributed by atoms with Gasteiger partial charge in [0.15, 0.2) is 0 Å². The average Bonchev–Trinajstić information content (AvgIpc) is 3.02. The van der Waals surface area contributed by atoms with Crippen LogP contribution in [0, 0.1) is 0 Å². The fraction of sp³-hybridized carbons (Fsp3) is 0.471. The molecule has 114 valence electrons. The van der Waals surface area contributed by atoms with Crippen molar-refractivity contribution in [1.29, 1.82) is 0 Å². The monoisotopic (exact) mass is 287 g/mol. The number of aromatic nitrogens is 2. The molecule has 1 aromatic carbocycles. The van der Waals surface area contributed by atoms with Crippen molar-refractivity contribution >= 4 is 0 Å². The Hall–Kier alpha value is -1.65. The molecule has 4 nitrogen and oxygen atoms in total. The van der Waals surface area contributed by atoms with Crippen molar-refractivity contribution in [2.75, 3.05) is 13.7 Å². The van der Waals surface area contributed by atoms with Crippen LogP contribution in [0.15, 0.2) is 42.7 Å². The van der Waals surface area contributed by atoms with Gasteiger partial charge in [-0.3, -0.25) is 4.68 Å². The summed E-state index contributed by atoms with van der Waals surface area (Å²) in [6.07, 6.45) is 6.85. The topological polar surface area (TPSA) is 50.1 Å². The van der Waals surface area contributed by atoms with Gasteiger partial charge in [-0.2, -0.15) is 5.10 Å². The number of aliphatic hydroxyl groups excluding tert-OH is 1. The Morgan fingerprint density at radius 2 is 2.00 bits per heavy atom. The fourth-order valence-electron chi connectivity index (χ4n) is 2.59. The number of hydrogen-bond acceptors (Lipinski definition) is 3. The van der Waals surface area contributed by atoms with Gasteiger partial charge < -0.3 is 10.4 Å². The van der Waals surface area contributed by atoms with Crippen LogP contribution in [0.25, 0.3) is 11.1 Å². The van der Waals surface area contributed by atoms with E-state index < -0.39 is 0 Å². The average molecular weight is 287 g/mol. The van der Waals surface area contributed by atoms with Crippen molar-refractivity contribution in [3.8, 4) is 11.1 Å². The van der Waals surface area contributed by atoms with Crippen LogP contribution in [-0.4, -0.2) is 34.1 Å². The molecule has 0 saturated heterocycles. The molecule has 2 rings (SSSR count). The van der Waals surface area contributed by atoms with E-state index in [1.165, 1.54) is 5.56 Å². The molecule has 1 atom stereocenters. The minimum atomic E-state index is -0.157. The van der Waals surface area contributed by atoms with Crippen LogP contribution < -0.4 is 5.32 Å². The normalized spacial score (nSPS) is 14.0. The van der Waals surface area contributed by atoms with Crippen LogP contribution in [0.3, 0.4) is 0 Å². The van der Waals surface area contributed by atoms with Gasteiger partial charge in [-0.25, -0.2) is 0 Å². The maximum absolute atomic E-state index is 9.54. The molecular weight excluding hydrogens is 262 g/mol. The lowest BCUT2D eigenvalue weighted by Gasteiger charge is -2.30. The molecule has 4 heteroatoms. The van der Waals surface area contributed by atoms with E-state index in [-0.39, 0.29) is 12.1 Å². The highest BCUT2D eigenvalue weighted by molar-refractivity contribution is 5.61. The minimum Gasteiger partial charge on any atom is -0.394 e. The summed E-state index contributed by atoms with van der Waals surface area (Å²) in [5.41, 5.74) is 2.18. The van der Waals surface area contributed by atoms with E-state index in [2.05, 4.69) is 35.7 Å². The molecular formula is C17H25N3O. The largest absolute Gasteiger partial charge is 0.394 e. The molecule has 0 aliphatic carbocycles. The maximum atomic E-state index is 9.54. The fourth-order valence-corrected chi connectivity index (χ4v) is 2.59. The lowest BCUT2D eigenvalue weighted by molar-refractivity contribution is 0.150. The predicted octanol–water partition coefficient (Wildman–Crippen LogP) is 2.69. The zero-order valence-corrected chi connectivity index (χ0v) is 12.9. The second kappa shape index (κ2) is 7.38. The number of nitrogens with one attached hydrogen (secondary N) is 1. The van der Waals surface area contributed by atoms with Crippen molar-refractivity contribution in [3.05, 3.63) is 42.7 Å². The summed E-state index contributed by atoms with van der Waals surface area (Å²) in [5.74, 6) is 0. The molecule has 1 unspecified atom stereocenters. The van der Waals surface area contributed by atoms with E-state index in [1.807, 2.05) is 36.1 Å². The third-order valence-electron chi connectivity index (χ3n) is 4.29. The zero-order chi connectivity index (χ0) is 15.1. The van der Waals surface area contributed by atoms with Gasteiger partial charge >= 0.3 is 0 Å². The first-order chi connectivity index (χ1) is 10.2. The summed E-state index contributed by atoms with van der Waals surface area (Å²) >= 11 is 0. The Balaban J connectivity index is 1.92. The summed E-state index contributed by atoms with van der Waals surface area (Å²) in [5, 5.41) is 17.2. The van der Waals surface area contributed by atoms with E-state index in [4.69, 9.17) is 0 Å². The van der Waals surface area contributed by atoms with E-state index in [0.717, 1.165) is 31.4 Å². The number of nitrogens with zero attached hydrogens (tertiary/aromatic N) is 2. The lowest BCUT2D eigenvalue weighted by Crippen LogP contribution is -2.46. The lowest BCUT2D eigenvalue weighted by atomic mass is 9.91. The molecule has 0 amide bonds. The van der Waals surface area contributed by atoms with Crippen LogP contribution in [0.4, 0.5) is 0 Å². The highest BCUT2D eigenvalue weighted by atomic mass is 16.3. The van der Waals surface area contributed by atoms with Crippen molar-refractivity contribution in [1.82, 2.24) is 15.1 Å². The summed E-state index contributed by atoms with van der Waals surface area (Å²) in [4.78, 5) is 0. The first kappa shape index (κ1) is 15.7. The second-order valence-electron chi connectivity index (χ2n) is 5.50. The van der Waals surface area contributed by atoms with Crippen LogP contribution in [0.1, 0.15) is 26.2 Å². The number of benzene rings is 1. The predicted molar refractivity (Wildman–Crippen MR) is 86.1 cm³/mol. The number of aryl methyl sites for hydroxylation is 1. The first-order valence-electron chi connectivity index (χ1n) is 7.60. The van der Waals surface area contributed by atoms with Gasteiger partial charge in [-0.1, -0.05) is 37.3 Å². The van der Waals surface area contributed by atoms with Gasteiger partial charge in [0.05, 0.1) is 12.8 Å². The smallest absolute Gasteiger partial charge is 0.0613 e. The van der Waals surface area contributed by atoms with Gasteiger partial charge in [-0.05, 0) is 31.9 Å². The van der Waals surface area contributed by atoms with Crippen LogP contribution in [0.5, 0.6) is 0 Å². The minimum absolute atomic E-state index is 0.157. The molecule has 0 radical (unpaired) electrons. The molecule has 0 spiro atoms. The van der Waals surface area contributed by atoms with Crippen molar-refractivity contribution < 1.29 is 5.11 Å². The van der Waals surface area contributed by atoms with E-state index >= 15 is 0 Å². The first-order valence-corrected chi connectivity index (χ1v) is 7.60. The molecule has 0 bridgehead atoms. The number of aliphatic hydroxyl groups is 1. The molecule has 1 heterocycles. The van der Waals surface area contributed by atoms with E-state index in [0.29, 0.717) is 0 Å². The van der Waals surface area contributed by atoms with E-state index in [1.54, 1.807) is 0 Å². The van der Waals surface area contributed by atoms with Crippen molar-refractivity contribution in [2.24, 2.45) is 0 Å². The molecule has 0 aliphatic rings. The van der Waals surface area contributed by atoms with Crippen molar-refractivity contribution in [2.45, 2.75) is 38.3 Å². The number of likely N-dealkylation sites (N-methyl/N-ethyl adjacent to an activating group) is 1. The number of hydrogen-bond donors (Lipinski definition) is 2.